The molecule has 2 N–H and O–H groups in total. The SMILES string of the molecule is O=C(CCCl)Nc1cc(-c2ccco2)nn1-c1nc2c(c(=O)[nH]1)CCCC2. The molecule has 8 nitrogen and oxygen atoms in total. The van der Waals surface area contributed by atoms with Gasteiger partial charge in [0.15, 0.2) is 5.76 Å². The summed E-state index contributed by atoms with van der Waals surface area (Å²) in [4.78, 5) is 31.9. The lowest BCUT2D eigenvalue weighted by Gasteiger charge is -2.15. The number of rotatable bonds is 5. The number of halogens is 1. The highest BCUT2D eigenvalue weighted by molar-refractivity contribution is 6.19. The van der Waals surface area contributed by atoms with Gasteiger partial charge in [-0.05, 0) is 37.8 Å². The summed E-state index contributed by atoms with van der Waals surface area (Å²) in [6.07, 6.45) is 5.18. The van der Waals surface area contributed by atoms with Crippen LogP contribution in [0.2, 0.25) is 0 Å². The van der Waals surface area contributed by atoms with Crippen LogP contribution in [0.5, 0.6) is 0 Å². The molecule has 0 aliphatic heterocycles. The minimum atomic E-state index is -0.252. The third-order valence-corrected chi connectivity index (χ3v) is 4.64. The quantitative estimate of drug-likeness (QED) is 0.654. The predicted octanol–water partition coefficient (Wildman–Crippen LogP) is 2.66. The second-order valence-electron chi connectivity index (χ2n) is 6.31. The van der Waals surface area contributed by atoms with Crippen molar-refractivity contribution in [3.8, 4) is 17.4 Å². The zero-order valence-electron chi connectivity index (χ0n) is 14.5. The Bertz CT molecular complexity index is 1020. The van der Waals surface area contributed by atoms with E-state index in [9.17, 15) is 9.59 Å². The first-order valence-electron chi connectivity index (χ1n) is 8.78. The number of carbonyl (C=O) groups excluding carboxylic acids is 1. The molecule has 1 aliphatic rings. The van der Waals surface area contributed by atoms with Crippen LogP contribution < -0.4 is 10.9 Å². The number of nitrogens with zero attached hydrogens (tertiary/aromatic N) is 3. The summed E-state index contributed by atoms with van der Waals surface area (Å²) in [6.45, 7) is 0. The van der Waals surface area contributed by atoms with Gasteiger partial charge in [-0.2, -0.15) is 9.78 Å². The molecule has 0 bridgehead atoms. The Hall–Kier alpha value is -2.87. The molecule has 1 aliphatic carbocycles. The summed E-state index contributed by atoms with van der Waals surface area (Å²) >= 11 is 5.65. The summed E-state index contributed by atoms with van der Waals surface area (Å²) < 4.78 is 6.81. The molecule has 0 spiro atoms. The van der Waals surface area contributed by atoms with Crippen molar-refractivity contribution in [1.29, 1.82) is 0 Å². The van der Waals surface area contributed by atoms with Crippen LogP contribution in [0, 0.1) is 0 Å². The molecule has 3 heterocycles. The average Bonchev–Trinajstić information content (AvgIpc) is 3.31. The van der Waals surface area contributed by atoms with E-state index in [1.165, 1.54) is 4.68 Å². The largest absolute Gasteiger partial charge is 0.463 e. The van der Waals surface area contributed by atoms with Crippen molar-refractivity contribution in [2.24, 2.45) is 0 Å². The van der Waals surface area contributed by atoms with E-state index in [2.05, 4.69) is 20.4 Å². The molecule has 0 aromatic carbocycles. The van der Waals surface area contributed by atoms with E-state index < -0.39 is 0 Å². The van der Waals surface area contributed by atoms with Crippen LogP contribution in [0.3, 0.4) is 0 Å². The number of nitrogens with one attached hydrogen (secondary N) is 2. The van der Waals surface area contributed by atoms with Crippen LogP contribution in [0.4, 0.5) is 5.82 Å². The molecule has 3 aromatic rings. The molecule has 0 fully saturated rings. The molecule has 4 rings (SSSR count). The van der Waals surface area contributed by atoms with Crippen LogP contribution in [0.1, 0.15) is 30.5 Å². The van der Waals surface area contributed by atoms with E-state index in [1.807, 2.05) is 0 Å². The predicted molar refractivity (Wildman–Crippen MR) is 100 cm³/mol. The molecule has 27 heavy (non-hydrogen) atoms. The minimum absolute atomic E-state index is 0.164. The number of hydrogen-bond donors (Lipinski definition) is 2. The number of anilines is 1. The van der Waals surface area contributed by atoms with E-state index >= 15 is 0 Å². The van der Waals surface area contributed by atoms with Gasteiger partial charge in [0.2, 0.25) is 11.9 Å². The summed E-state index contributed by atoms with van der Waals surface area (Å²) in [5.74, 6) is 1.15. The Morgan fingerprint density at radius 2 is 2.22 bits per heavy atom. The van der Waals surface area contributed by atoms with E-state index in [4.69, 9.17) is 16.0 Å². The standard InChI is InChI=1S/C18H18ClN5O3/c19-8-7-16(25)21-15-10-13(14-6-3-9-27-14)23-24(15)18-20-12-5-2-1-4-11(12)17(26)22-18/h3,6,9-10H,1-2,4-5,7-8H2,(H,21,25)(H,20,22,26). The maximum absolute atomic E-state index is 12.5. The molecular formula is C18H18ClN5O3. The lowest BCUT2D eigenvalue weighted by Crippen LogP contribution is -2.24. The first-order valence-corrected chi connectivity index (χ1v) is 9.31. The molecule has 0 unspecified atom stereocenters. The second kappa shape index (κ2) is 7.40. The van der Waals surface area contributed by atoms with Crippen LogP contribution in [-0.2, 0) is 17.6 Å². The van der Waals surface area contributed by atoms with Crippen LogP contribution in [-0.4, -0.2) is 31.5 Å². The van der Waals surface area contributed by atoms with Gasteiger partial charge in [0.1, 0.15) is 11.5 Å². The summed E-state index contributed by atoms with van der Waals surface area (Å²) in [7, 11) is 0. The van der Waals surface area contributed by atoms with Gasteiger partial charge in [0.25, 0.3) is 5.56 Å². The minimum Gasteiger partial charge on any atom is -0.463 e. The van der Waals surface area contributed by atoms with Crippen molar-refractivity contribution in [2.45, 2.75) is 32.1 Å². The van der Waals surface area contributed by atoms with E-state index in [0.29, 0.717) is 17.3 Å². The van der Waals surface area contributed by atoms with Gasteiger partial charge in [-0.1, -0.05) is 0 Å². The third-order valence-electron chi connectivity index (χ3n) is 4.45. The number of fused-ring (bicyclic) bond motifs is 1. The van der Waals surface area contributed by atoms with E-state index in [-0.39, 0.29) is 29.7 Å². The number of aryl methyl sites for hydroxylation is 1. The second-order valence-corrected chi connectivity index (χ2v) is 6.69. The molecule has 0 saturated heterocycles. The van der Waals surface area contributed by atoms with Crippen molar-refractivity contribution in [3.63, 3.8) is 0 Å². The summed E-state index contributed by atoms with van der Waals surface area (Å²) in [5.41, 5.74) is 1.87. The number of amides is 1. The smallest absolute Gasteiger partial charge is 0.255 e. The Balaban J connectivity index is 1.80. The molecule has 140 valence electrons. The maximum Gasteiger partial charge on any atom is 0.255 e. The Morgan fingerprint density at radius 1 is 1.37 bits per heavy atom. The molecule has 1 amide bonds. The number of alkyl halides is 1. The van der Waals surface area contributed by atoms with Crippen LogP contribution >= 0.6 is 11.6 Å². The number of aromatic amines is 1. The van der Waals surface area contributed by atoms with Crippen molar-refractivity contribution < 1.29 is 9.21 Å². The molecule has 0 radical (unpaired) electrons. The zero-order valence-corrected chi connectivity index (χ0v) is 15.3. The van der Waals surface area contributed by atoms with Crippen LogP contribution in [0.25, 0.3) is 17.4 Å². The fourth-order valence-electron chi connectivity index (χ4n) is 3.16. The Morgan fingerprint density at radius 3 is 3.00 bits per heavy atom. The van der Waals surface area contributed by atoms with Gasteiger partial charge in [-0.15, -0.1) is 11.6 Å². The number of H-pyrrole nitrogens is 1. The lowest BCUT2D eigenvalue weighted by molar-refractivity contribution is -0.115. The van der Waals surface area contributed by atoms with Crippen LogP contribution in [0.15, 0.2) is 33.7 Å². The molecule has 9 heteroatoms. The topological polar surface area (TPSA) is 106 Å². The van der Waals surface area contributed by atoms with Gasteiger partial charge in [0, 0.05) is 23.9 Å². The summed E-state index contributed by atoms with van der Waals surface area (Å²) in [6, 6.07) is 5.18. The number of carbonyl (C=O) groups is 1. The number of hydrogen-bond acceptors (Lipinski definition) is 5. The molecule has 0 atom stereocenters. The van der Waals surface area contributed by atoms with E-state index in [0.717, 1.165) is 36.9 Å². The Labute approximate surface area is 159 Å². The number of furan rings is 1. The highest BCUT2D eigenvalue weighted by atomic mass is 35.5. The molecule has 0 saturated carbocycles. The van der Waals surface area contributed by atoms with Gasteiger partial charge >= 0.3 is 0 Å². The third kappa shape index (κ3) is 3.52. The van der Waals surface area contributed by atoms with Crippen molar-refractivity contribution in [2.75, 3.05) is 11.2 Å². The van der Waals surface area contributed by atoms with Gasteiger partial charge in [-0.3, -0.25) is 14.6 Å². The average molecular weight is 388 g/mol. The zero-order chi connectivity index (χ0) is 18.8. The first-order chi connectivity index (χ1) is 13.2. The van der Waals surface area contributed by atoms with Gasteiger partial charge in [-0.25, -0.2) is 4.98 Å². The lowest BCUT2D eigenvalue weighted by atomic mass is 9.97. The van der Waals surface area contributed by atoms with Crippen molar-refractivity contribution in [1.82, 2.24) is 19.7 Å². The van der Waals surface area contributed by atoms with Crippen molar-refractivity contribution >= 4 is 23.3 Å². The van der Waals surface area contributed by atoms with E-state index in [1.54, 1.807) is 24.5 Å². The number of aromatic nitrogens is 4. The van der Waals surface area contributed by atoms with Crippen molar-refractivity contribution in [3.05, 3.63) is 46.1 Å². The fourth-order valence-corrected chi connectivity index (χ4v) is 3.33. The Kier molecular flexibility index (Phi) is 4.81. The molecular weight excluding hydrogens is 370 g/mol. The first kappa shape index (κ1) is 17.5. The summed E-state index contributed by atoms with van der Waals surface area (Å²) in [5, 5.41) is 7.23. The van der Waals surface area contributed by atoms with Gasteiger partial charge < -0.3 is 9.73 Å². The van der Waals surface area contributed by atoms with Gasteiger partial charge in [0.05, 0.1) is 12.0 Å². The monoisotopic (exact) mass is 387 g/mol. The fraction of sp³-hybridized carbons (Fsp3) is 0.333. The maximum atomic E-state index is 12.5. The highest BCUT2D eigenvalue weighted by Crippen LogP contribution is 2.25. The highest BCUT2D eigenvalue weighted by Gasteiger charge is 2.20. The normalized spacial score (nSPS) is 13.4. The molecule has 3 aromatic heterocycles.